The first-order chi connectivity index (χ1) is 17.3. The first-order valence-corrected chi connectivity index (χ1v) is 11.1. The molecular formula is C25H22F4N4O3. The van der Waals surface area contributed by atoms with Gasteiger partial charge in [0.15, 0.2) is 0 Å². The Morgan fingerprint density at radius 1 is 1.00 bits per heavy atom. The van der Waals surface area contributed by atoms with Gasteiger partial charge in [0.05, 0.1) is 6.20 Å². The Morgan fingerprint density at radius 3 is 2.53 bits per heavy atom. The van der Waals surface area contributed by atoms with Crippen LogP contribution < -0.4 is 9.47 Å². The molecule has 0 aliphatic carbocycles. The zero-order valence-corrected chi connectivity index (χ0v) is 19.0. The van der Waals surface area contributed by atoms with Crippen LogP contribution in [-0.2, 0) is 19.6 Å². The molecule has 188 valence electrons. The van der Waals surface area contributed by atoms with Gasteiger partial charge in [0.1, 0.15) is 35.9 Å². The molecule has 11 heteroatoms. The molecule has 0 aliphatic rings. The summed E-state index contributed by atoms with van der Waals surface area (Å²) in [5.74, 6) is -0.625. The Balaban J connectivity index is 1.23. The van der Waals surface area contributed by atoms with E-state index in [-0.39, 0.29) is 18.1 Å². The van der Waals surface area contributed by atoms with Crippen LogP contribution in [0.4, 0.5) is 17.6 Å². The standard InChI is InChI=1S/C25H22F4N4O3/c26-23-15-22(36-25(27,28)29)10-6-19(23)7-11-24-31-20(17-35-24)16-34-21-8-4-18(5-9-21)3-1-2-13-33-14-12-30-32-33/h4-12,14-15,17H,1-3,13,16H2/b11-7+. The number of hydrogen-bond donors (Lipinski definition) is 0. The highest BCUT2D eigenvalue weighted by Gasteiger charge is 2.31. The largest absolute Gasteiger partial charge is 0.573 e. The third-order valence-electron chi connectivity index (χ3n) is 5.07. The van der Waals surface area contributed by atoms with Crippen LogP contribution >= 0.6 is 0 Å². The van der Waals surface area contributed by atoms with Crippen LogP contribution in [0.2, 0.25) is 0 Å². The highest BCUT2D eigenvalue weighted by Crippen LogP contribution is 2.25. The number of benzene rings is 2. The predicted molar refractivity (Wildman–Crippen MR) is 122 cm³/mol. The molecule has 0 spiro atoms. The molecular weight excluding hydrogens is 480 g/mol. The SMILES string of the molecule is Fc1cc(OC(F)(F)F)ccc1/C=C/c1nc(COc2ccc(CCCCn3ccnn3)cc2)co1. The van der Waals surface area contributed by atoms with Crippen molar-refractivity contribution in [3.05, 3.63) is 89.7 Å². The summed E-state index contributed by atoms with van der Waals surface area (Å²) in [5.41, 5.74) is 1.79. The molecule has 0 fully saturated rings. The quantitative estimate of drug-likeness (QED) is 0.183. The van der Waals surface area contributed by atoms with Crippen LogP contribution in [0, 0.1) is 5.82 Å². The summed E-state index contributed by atoms with van der Waals surface area (Å²) in [6.07, 6.45) is 5.78. The van der Waals surface area contributed by atoms with Crippen molar-refractivity contribution < 1.29 is 31.5 Å². The summed E-state index contributed by atoms with van der Waals surface area (Å²) in [6, 6.07) is 10.7. The Labute approximate surface area is 204 Å². The van der Waals surface area contributed by atoms with Gasteiger partial charge in [0, 0.05) is 30.4 Å². The van der Waals surface area contributed by atoms with Gasteiger partial charge < -0.3 is 13.9 Å². The van der Waals surface area contributed by atoms with E-state index >= 15 is 0 Å². The van der Waals surface area contributed by atoms with Crippen molar-refractivity contribution in [2.24, 2.45) is 0 Å². The Morgan fingerprint density at radius 2 is 1.81 bits per heavy atom. The number of oxazole rings is 1. The van der Waals surface area contributed by atoms with E-state index in [1.165, 1.54) is 30.0 Å². The second-order valence-corrected chi connectivity index (χ2v) is 7.80. The second-order valence-electron chi connectivity index (χ2n) is 7.80. The predicted octanol–water partition coefficient (Wildman–Crippen LogP) is 6.08. The van der Waals surface area contributed by atoms with E-state index in [0.717, 1.165) is 31.9 Å². The summed E-state index contributed by atoms with van der Waals surface area (Å²) < 4.78 is 67.3. The highest BCUT2D eigenvalue weighted by atomic mass is 19.4. The van der Waals surface area contributed by atoms with Crippen molar-refractivity contribution >= 4 is 12.2 Å². The molecule has 2 aromatic heterocycles. The molecule has 0 aliphatic heterocycles. The van der Waals surface area contributed by atoms with Gasteiger partial charge in [-0.3, -0.25) is 4.68 Å². The fourth-order valence-corrected chi connectivity index (χ4v) is 3.33. The minimum atomic E-state index is -4.89. The van der Waals surface area contributed by atoms with Gasteiger partial charge in [-0.05, 0) is 55.2 Å². The van der Waals surface area contributed by atoms with Crippen molar-refractivity contribution in [3.63, 3.8) is 0 Å². The Bertz CT molecular complexity index is 1270. The maximum atomic E-state index is 14.0. The third kappa shape index (κ3) is 7.69. The van der Waals surface area contributed by atoms with Crippen LogP contribution in [0.1, 0.15) is 35.6 Å². The highest BCUT2D eigenvalue weighted by molar-refractivity contribution is 5.66. The lowest BCUT2D eigenvalue weighted by molar-refractivity contribution is -0.274. The molecule has 0 bridgehead atoms. The van der Waals surface area contributed by atoms with E-state index < -0.39 is 17.9 Å². The molecule has 0 saturated heterocycles. The lowest BCUT2D eigenvalue weighted by atomic mass is 10.1. The van der Waals surface area contributed by atoms with Crippen LogP contribution in [0.3, 0.4) is 0 Å². The number of alkyl halides is 3. The third-order valence-corrected chi connectivity index (χ3v) is 5.07. The molecule has 0 saturated carbocycles. The molecule has 2 aromatic carbocycles. The van der Waals surface area contributed by atoms with Gasteiger partial charge in [0.25, 0.3) is 0 Å². The van der Waals surface area contributed by atoms with Crippen molar-refractivity contribution in [1.29, 1.82) is 0 Å². The Hall–Kier alpha value is -4.15. The normalized spacial score (nSPS) is 11.8. The van der Waals surface area contributed by atoms with Gasteiger partial charge in [0.2, 0.25) is 5.89 Å². The van der Waals surface area contributed by atoms with Gasteiger partial charge in [-0.25, -0.2) is 9.37 Å². The minimum absolute atomic E-state index is 0.0546. The Kier molecular flexibility index (Phi) is 7.99. The van der Waals surface area contributed by atoms with E-state index in [9.17, 15) is 17.6 Å². The number of aromatic nitrogens is 4. The van der Waals surface area contributed by atoms with Gasteiger partial charge in [-0.15, -0.1) is 18.3 Å². The summed E-state index contributed by atoms with van der Waals surface area (Å²) >= 11 is 0. The summed E-state index contributed by atoms with van der Waals surface area (Å²) in [6.45, 7) is 1.01. The van der Waals surface area contributed by atoms with Gasteiger partial charge in [-0.2, -0.15) is 0 Å². The van der Waals surface area contributed by atoms with E-state index in [4.69, 9.17) is 9.15 Å². The molecule has 0 unspecified atom stereocenters. The fourth-order valence-electron chi connectivity index (χ4n) is 3.33. The number of aryl methyl sites for hydroxylation is 2. The molecule has 36 heavy (non-hydrogen) atoms. The molecule has 4 rings (SSSR count). The van der Waals surface area contributed by atoms with Gasteiger partial charge >= 0.3 is 6.36 Å². The molecule has 0 N–H and O–H groups in total. The molecule has 0 atom stereocenters. The van der Waals surface area contributed by atoms with Crippen LogP contribution in [-0.4, -0.2) is 26.3 Å². The van der Waals surface area contributed by atoms with Crippen molar-refractivity contribution in [2.75, 3.05) is 0 Å². The van der Waals surface area contributed by atoms with Crippen molar-refractivity contribution in [3.8, 4) is 11.5 Å². The van der Waals surface area contributed by atoms with Crippen molar-refractivity contribution in [1.82, 2.24) is 20.0 Å². The maximum Gasteiger partial charge on any atom is 0.573 e. The molecule has 0 amide bonds. The monoisotopic (exact) mass is 502 g/mol. The number of halogens is 4. The van der Waals surface area contributed by atoms with Crippen LogP contribution in [0.5, 0.6) is 11.5 Å². The smallest absolute Gasteiger partial charge is 0.487 e. The van der Waals surface area contributed by atoms with E-state index in [1.807, 2.05) is 35.1 Å². The molecule has 0 radical (unpaired) electrons. The zero-order valence-electron chi connectivity index (χ0n) is 19.0. The lowest BCUT2D eigenvalue weighted by Gasteiger charge is -2.09. The van der Waals surface area contributed by atoms with Crippen molar-refractivity contribution in [2.45, 2.75) is 38.8 Å². The summed E-state index contributed by atoms with van der Waals surface area (Å²) in [5, 5.41) is 7.73. The molecule has 2 heterocycles. The average molecular weight is 502 g/mol. The maximum absolute atomic E-state index is 14.0. The number of hydrogen-bond acceptors (Lipinski definition) is 6. The zero-order chi connectivity index (χ0) is 25.4. The number of nitrogens with zero attached hydrogens (tertiary/aromatic N) is 4. The topological polar surface area (TPSA) is 75.2 Å². The first-order valence-electron chi connectivity index (χ1n) is 11.1. The molecule has 4 aromatic rings. The number of rotatable bonds is 11. The second kappa shape index (κ2) is 11.5. The van der Waals surface area contributed by atoms with Crippen LogP contribution in [0.25, 0.3) is 12.2 Å². The molecule has 7 nitrogen and oxygen atoms in total. The van der Waals surface area contributed by atoms with E-state index in [2.05, 4.69) is 20.0 Å². The van der Waals surface area contributed by atoms with E-state index in [0.29, 0.717) is 17.5 Å². The number of unbranched alkanes of at least 4 members (excludes halogenated alkanes) is 1. The number of ether oxygens (including phenoxy) is 2. The summed E-state index contributed by atoms with van der Waals surface area (Å²) in [7, 11) is 0. The lowest BCUT2D eigenvalue weighted by Crippen LogP contribution is -2.17. The van der Waals surface area contributed by atoms with Crippen LogP contribution in [0.15, 0.2) is 65.5 Å². The van der Waals surface area contributed by atoms with E-state index in [1.54, 1.807) is 6.20 Å². The van der Waals surface area contributed by atoms with Gasteiger partial charge in [-0.1, -0.05) is 17.3 Å². The fraction of sp³-hybridized carbons (Fsp3) is 0.240. The average Bonchev–Trinajstić information content (AvgIpc) is 3.52. The summed E-state index contributed by atoms with van der Waals surface area (Å²) in [4.78, 5) is 4.24. The minimum Gasteiger partial charge on any atom is -0.487 e. The first kappa shape index (κ1) is 25.0.